The molecule has 0 bridgehead atoms. The van der Waals surface area contributed by atoms with Gasteiger partial charge in [-0.25, -0.2) is 4.79 Å². The van der Waals surface area contributed by atoms with Crippen LogP contribution in [0.25, 0.3) is 10.9 Å². The van der Waals surface area contributed by atoms with Crippen LogP contribution < -0.4 is 20.7 Å². The first-order chi connectivity index (χ1) is 15.9. The second kappa shape index (κ2) is 9.82. The van der Waals surface area contributed by atoms with E-state index in [1.165, 1.54) is 13.3 Å². The van der Waals surface area contributed by atoms with Gasteiger partial charge in [0.1, 0.15) is 6.61 Å². The number of fused-ring (bicyclic) bond motifs is 1. The molecule has 10 heteroatoms. The van der Waals surface area contributed by atoms with Crippen LogP contribution >= 0.6 is 39.1 Å². The first-order valence-electron chi connectivity index (χ1n) is 9.60. The summed E-state index contributed by atoms with van der Waals surface area (Å²) in [6, 6.07) is 15.3. The molecule has 0 aliphatic heterocycles. The molecule has 168 valence electrons. The number of rotatable bonds is 6. The minimum absolute atomic E-state index is 0.202. The van der Waals surface area contributed by atoms with Crippen molar-refractivity contribution in [3.05, 3.63) is 101 Å². The lowest BCUT2D eigenvalue weighted by Gasteiger charge is -2.13. The van der Waals surface area contributed by atoms with Crippen molar-refractivity contribution in [3.63, 3.8) is 0 Å². The van der Waals surface area contributed by atoms with Crippen molar-refractivity contribution in [2.45, 2.75) is 6.61 Å². The molecule has 4 rings (SSSR count). The summed E-state index contributed by atoms with van der Waals surface area (Å²) in [4.78, 5) is 27.6. The zero-order valence-corrected chi connectivity index (χ0v) is 20.2. The summed E-state index contributed by atoms with van der Waals surface area (Å²) in [6.07, 6.45) is 1.39. The fourth-order valence-corrected chi connectivity index (χ4v) is 3.98. The van der Waals surface area contributed by atoms with E-state index < -0.39 is 11.2 Å². The van der Waals surface area contributed by atoms with Crippen LogP contribution in [0.2, 0.25) is 10.0 Å². The predicted octanol–water partition coefficient (Wildman–Crippen LogP) is 5.23. The van der Waals surface area contributed by atoms with E-state index in [0.717, 1.165) is 10.2 Å². The Balaban J connectivity index is 1.63. The maximum absolute atomic E-state index is 12.7. The Labute approximate surface area is 206 Å². The lowest BCUT2D eigenvalue weighted by Crippen LogP contribution is -2.32. The summed E-state index contributed by atoms with van der Waals surface area (Å²) in [5.41, 5.74) is 0.624. The fraction of sp³-hybridized carbons (Fsp3) is 0.0870. The molecule has 33 heavy (non-hydrogen) atoms. The molecule has 0 saturated carbocycles. The highest BCUT2D eigenvalue weighted by Gasteiger charge is 2.12. The van der Waals surface area contributed by atoms with Crippen molar-refractivity contribution < 1.29 is 9.47 Å². The van der Waals surface area contributed by atoms with Crippen molar-refractivity contribution in [1.29, 1.82) is 0 Å². The van der Waals surface area contributed by atoms with Gasteiger partial charge < -0.3 is 14.5 Å². The third-order valence-electron chi connectivity index (χ3n) is 4.78. The third kappa shape index (κ3) is 4.98. The van der Waals surface area contributed by atoms with E-state index in [2.05, 4.69) is 26.0 Å². The largest absolute Gasteiger partial charge is 0.493 e. The monoisotopic (exact) mass is 547 g/mol. The molecule has 0 aliphatic rings. The molecule has 0 amide bonds. The molecule has 3 aromatic carbocycles. The molecule has 0 fully saturated rings. The summed E-state index contributed by atoms with van der Waals surface area (Å²) >= 11 is 15.6. The van der Waals surface area contributed by atoms with Gasteiger partial charge in [-0.05, 0) is 52.3 Å². The number of benzene rings is 3. The van der Waals surface area contributed by atoms with Crippen LogP contribution in [0.5, 0.6) is 11.5 Å². The number of hydrogen-bond acceptors (Lipinski definition) is 5. The first kappa shape index (κ1) is 23.1. The maximum atomic E-state index is 12.7. The number of hydrogen-bond donors (Lipinski definition) is 1. The Morgan fingerprint density at radius 1 is 1.09 bits per heavy atom. The smallest absolute Gasteiger partial charge is 0.349 e. The first-order valence-corrected chi connectivity index (χ1v) is 11.1. The number of aromatic amines is 1. The van der Waals surface area contributed by atoms with E-state index in [1.54, 1.807) is 54.6 Å². The summed E-state index contributed by atoms with van der Waals surface area (Å²) in [7, 11) is 1.50. The molecule has 0 aliphatic carbocycles. The minimum Gasteiger partial charge on any atom is -0.493 e. The topological polar surface area (TPSA) is 85.7 Å². The molecule has 7 nitrogen and oxygen atoms in total. The molecule has 1 heterocycles. The number of H-pyrrole nitrogens is 1. The van der Waals surface area contributed by atoms with E-state index in [-0.39, 0.29) is 6.61 Å². The van der Waals surface area contributed by atoms with Gasteiger partial charge in [-0.2, -0.15) is 5.10 Å². The van der Waals surface area contributed by atoms with Crippen molar-refractivity contribution in [1.82, 2.24) is 9.66 Å². The summed E-state index contributed by atoms with van der Waals surface area (Å²) in [6.45, 7) is 0.202. The van der Waals surface area contributed by atoms with Gasteiger partial charge in [-0.15, -0.1) is 4.68 Å². The number of methoxy groups -OCH3 is 1. The zero-order valence-electron chi connectivity index (χ0n) is 17.1. The van der Waals surface area contributed by atoms with Crippen LogP contribution in [0.15, 0.2) is 73.8 Å². The van der Waals surface area contributed by atoms with Gasteiger partial charge in [0.2, 0.25) is 0 Å². The molecule has 0 radical (unpaired) electrons. The average Bonchev–Trinajstić information content (AvgIpc) is 2.79. The highest BCUT2D eigenvalue weighted by Crippen LogP contribution is 2.34. The SMILES string of the molecule is COc1cc(C=Nn2c(=O)[nH]c3ccccc3c2=O)c(Br)cc1OCc1ccc(Cl)cc1Cl. The van der Waals surface area contributed by atoms with Gasteiger partial charge in [-0.1, -0.05) is 41.4 Å². The zero-order chi connectivity index (χ0) is 23.5. The number of nitrogens with one attached hydrogen (secondary N) is 1. The molecule has 4 aromatic rings. The molecule has 1 aromatic heterocycles. The van der Waals surface area contributed by atoms with Crippen molar-refractivity contribution >= 4 is 56.2 Å². The van der Waals surface area contributed by atoms with Gasteiger partial charge in [0, 0.05) is 25.6 Å². The Morgan fingerprint density at radius 2 is 1.88 bits per heavy atom. The normalized spacial score (nSPS) is 11.3. The van der Waals surface area contributed by atoms with Gasteiger partial charge in [0.25, 0.3) is 5.56 Å². The fourth-order valence-electron chi connectivity index (χ4n) is 3.09. The average molecular weight is 549 g/mol. The lowest BCUT2D eigenvalue weighted by atomic mass is 10.2. The Bertz CT molecular complexity index is 1500. The molecule has 0 unspecified atom stereocenters. The van der Waals surface area contributed by atoms with Gasteiger partial charge in [-0.3, -0.25) is 4.79 Å². The highest BCUT2D eigenvalue weighted by molar-refractivity contribution is 9.10. The second-order valence-corrected chi connectivity index (χ2v) is 8.58. The summed E-state index contributed by atoms with van der Waals surface area (Å²) in [5.74, 6) is 0.901. The third-order valence-corrected chi connectivity index (χ3v) is 6.05. The lowest BCUT2D eigenvalue weighted by molar-refractivity contribution is 0.284. The van der Waals surface area contributed by atoms with Crippen molar-refractivity contribution in [3.8, 4) is 11.5 Å². The number of para-hydroxylation sites is 1. The van der Waals surface area contributed by atoms with E-state index >= 15 is 0 Å². The van der Waals surface area contributed by atoms with Crippen molar-refractivity contribution in [2.75, 3.05) is 7.11 Å². The number of ether oxygens (including phenoxy) is 2. The molecule has 0 atom stereocenters. The number of nitrogens with zero attached hydrogens (tertiary/aromatic N) is 2. The summed E-state index contributed by atoms with van der Waals surface area (Å²) < 4.78 is 12.7. The maximum Gasteiger partial charge on any atom is 0.349 e. The van der Waals surface area contributed by atoms with Gasteiger partial charge in [0.15, 0.2) is 11.5 Å². The highest BCUT2D eigenvalue weighted by atomic mass is 79.9. The molecule has 1 N–H and O–H groups in total. The van der Waals surface area contributed by atoms with Crippen LogP contribution in [0, 0.1) is 0 Å². The van der Waals surface area contributed by atoms with Crippen LogP contribution in [0.3, 0.4) is 0 Å². The number of aromatic nitrogens is 2. The molecule has 0 spiro atoms. The predicted molar refractivity (Wildman–Crippen MR) is 133 cm³/mol. The quantitative estimate of drug-likeness (QED) is 0.334. The van der Waals surface area contributed by atoms with Crippen LogP contribution in [-0.4, -0.2) is 23.0 Å². The van der Waals surface area contributed by atoms with Crippen LogP contribution in [0.1, 0.15) is 11.1 Å². The Kier molecular flexibility index (Phi) is 6.88. The van der Waals surface area contributed by atoms with E-state index in [9.17, 15) is 9.59 Å². The second-order valence-electron chi connectivity index (χ2n) is 6.89. The van der Waals surface area contributed by atoms with E-state index in [0.29, 0.717) is 42.5 Å². The number of halogens is 3. The molecular formula is C23H16BrCl2N3O4. The van der Waals surface area contributed by atoms with E-state index in [1.807, 2.05) is 0 Å². The van der Waals surface area contributed by atoms with Crippen LogP contribution in [0.4, 0.5) is 0 Å². The van der Waals surface area contributed by atoms with E-state index in [4.69, 9.17) is 32.7 Å². The minimum atomic E-state index is -0.641. The Hall–Kier alpha value is -3.07. The summed E-state index contributed by atoms with van der Waals surface area (Å²) in [5, 5.41) is 5.48. The van der Waals surface area contributed by atoms with Gasteiger partial charge in [0.05, 0.1) is 24.2 Å². The Morgan fingerprint density at radius 3 is 2.64 bits per heavy atom. The van der Waals surface area contributed by atoms with Crippen molar-refractivity contribution in [2.24, 2.45) is 5.10 Å². The molecule has 0 saturated heterocycles. The standard InChI is InChI=1S/C23H16BrCl2N3O4/c1-32-20-8-14(11-27-29-22(30)16-4-2-3-5-19(16)28-23(29)31)17(24)10-21(20)33-12-13-6-7-15(25)9-18(13)26/h2-11H,12H2,1H3,(H,28,31). The van der Waals surface area contributed by atoms with Gasteiger partial charge >= 0.3 is 5.69 Å². The molecular weight excluding hydrogens is 533 g/mol. The van der Waals surface area contributed by atoms with Crippen LogP contribution in [-0.2, 0) is 6.61 Å².